The number of carbonyl (C=O) groups is 1. The average Bonchev–Trinajstić information content (AvgIpc) is 3.07. The summed E-state index contributed by atoms with van der Waals surface area (Å²) < 4.78 is 1.65. The molecule has 3 rings (SSSR count). The number of nitrogen functional groups attached to an aromatic ring is 1. The highest BCUT2D eigenvalue weighted by atomic mass is 32.1. The van der Waals surface area contributed by atoms with Gasteiger partial charge in [-0.1, -0.05) is 0 Å². The summed E-state index contributed by atoms with van der Waals surface area (Å²) in [7, 11) is 1.81. The van der Waals surface area contributed by atoms with Gasteiger partial charge in [0.25, 0.3) is 5.91 Å². The molecular formula is C13H17N5OS. The number of likely N-dealkylation sites (tertiary alicyclic amines) is 1. The molecule has 0 saturated carbocycles. The van der Waals surface area contributed by atoms with Crippen LogP contribution in [0.2, 0.25) is 0 Å². The topological polar surface area (TPSA) is 77.0 Å². The van der Waals surface area contributed by atoms with Crippen molar-refractivity contribution in [3.05, 3.63) is 29.0 Å². The van der Waals surface area contributed by atoms with Gasteiger partial charge in [-0.3, -0.25) is 9.48 Å². The van der Waals surface area contributed by atoms with Crippen LogP contribution in [0.25, 0.3) is 0 Å². The van der Waals surface area contributed by atoms with Gasteiger partial charge in [0.2, 0.25) is 0 Å². The van der Waals surface area contributed by atoms with Gasteiger partial charge in [0.05, 0.1) is 23.5 Å². The Balaban J connectivity index is 1.87. The fourth-order valence-electron chi connectivity index (χ4n) is 2.63. The van der Waals surface area contributed by atoms with Crippen molar-refractivity contribution in [3.8, 4) is 0 Å². The van der Waals surface area contributed by atoms with Crippen molar-refractivity contribution in [1.29, 1.82) is 0 Å². The maximum absolute atomic E-state index is 12.6. The van der Waals surface area contributed by atoms with Gasteiger partial charge in [-0.25, -0.2) is 4.98 Å². The number of hydrogen-bond donors (Lipinski definition) is 1. The van der Waals surface area contributed by atoms with Crippen LogP contribution in [-0.2, 0) is 7.05 Å². The predicted octanol–water partition coefficient (Wildman–Crippen LogP) is 1.83. The number of hydrogen-bond acceptors (Lipinski definition) is 5. The maximum atomic E-state index is 12.6. The van der Waals surface area contributed by atoms with Gasteiger partial charge in [-0.2, -0.15) is 5.10 Å². The van der Waals surface area contributed by atoms with E-state index >= 15 is 0 Å². The molecule has 0 spiro atoms. The molecule has 1 fully saturated rings. The lowest BCUT2D eigenvalue weighted by Gasteiger charge is -2.34. The standard InChI is InChI=1S/C13H17N5OS/c1-17-7-9(6-15-17)12(19)18-5-3-2-4-11(18)10-8-20-13(14)16-10/h6-8,11H,2-5H2,1H3,(H2,14,16)/t11-/m0/s1. The normalized spacial score (nSPS) is 19.2. The third-order valence-corrected chi connectivity index (χ3v) is 4.29. The van der Waals surface area contributed by atoms with E-state index in [1.165, 1.54) is 11.3 Å². The van der Waals surface area contributed by atoms with Crippen molar-refractivity contribution in [1.82, 2.24) is 19.7 Å². The lowest BCUT2D eigenvalue weighted by atomic mass is 9.99. The van der Waals surface area contributed by atoms with Gasteiger partial charge >= 0.3 is 0 Å². The number of piperidine rings is 1. The average molecular weight is 291 g/mol. The van der Waals surface area contributed by atoms with Crippen LogP contribution in [0.5, 0.6) is 0 Å². The van der Waals surface area contributed by atoms with Gasteiger partial charge in [-0.15, -0.1) is 11.3 Å². The first-order valence-electron chi connectivity index (χ1n) is 6.65. The fraction of sp³-hybridized carbons (Fsp3) is 0.462. The number of thiazole rings is 1. The van der Waals surface area contributed by atoms with E-state index in [0.717, 1.165) is 31.5 Å². The molecule has 0 bridgehead atoms. The van der Waals surface area contributed by atoms with Crippen LogP contribution in [0.4, 0.5) is 5.13 Å². The molecule has 0 aliphatic carbocycles. The van der Waals surface area contributed by atoms with Crippen LogP contribution < -0.4 is 5.73 Å². The summed E-state index contributed by atoms with van der Waals surface area (Å²) in [5.41, 5.74) is 7.25. The van der Waals surface area contributed by atoms with E-state index in [2.05, 4.69) is 10.1 Å². The molecule has 0 radical (unpaired) electrons. The van der Waals surface area contributed by atoms with Crippen molar-refractivity contribution in [2.75, 3.05) is 12.3 Å². The molecule has 1 aliphatic rings. The summed E-state index contributed by atoms with van der Waals surface area (Å²) in [4.78, 5) is 18.9. The van der Waals surface area contributed by atoms with E-state index in [1.54, 1.807) is 17.1 Å². The second-order valence-corrected chi connectivity index (χ2v) is 5.91. The number of aryl methyl sites for hydroxylation is 1. The fourth-order valence-corrected chi connectivity index (χ4v) is 3.24. The van der Waals surface area contributed by atoms with E-state index in [4.69, 9.17) is 5.73 Å². The SMILES string of the molecule is Cn1cc(C(=O)N2CCCC[C@H]2c2csc(N)n2)cn1. The Morgan fingerprint density at radius 2 is 2.35 bits per heavy atom. The zero-order chi connectivity index (χ0) is 14.1. The van der Waals surface area contributed by atoms with E-state index in [9.17, 15) is 4.79 Å². The number of aromatic nitrogens is 3. The molecule has 2 aromatic rings. The summed E-state index contributed by atoms with van der Waals surface area (Å²) >= 11 is 1.42. The minimum atomic E-state index is 0.0226. The third kappa shape index (κ3) is 2.40. The van der Waals surface area contributed by atoms with Crippen LogP contribution in [0.1, 0.15) is 41.4 Å². The Hall–Kier alpha value is -1.89. The second-order valence-electron chi connectivity index (χ2n) is 5.02. The highest BCUT2D eigenvalue weighted by Crippen LogP contribution is 2.33. The maximum Gasteiger partial charge on any atom is 0.257 e. The Morgan fingerprint density at radius 3 is 3.00 bits per heavy atom. The van der Waals surface area contributed by atoms with Crippen LogP contribution >= 0.6 is 11.3 Å². The van der Waals surface area contributed by atoms with Crippen molar-refractivity contribution >= 4 is 22.4 Å². The second kappa shape index (κ2) is 5.24. The van der Waals surface area contributed by atoms with Crippen LogP contribution in [0, 0.1) is 0 Å². The number of amides is 1. The van der Waals surface area contributed by atoms with E-state index in [0.29, 0.717) is 10.7 Å². The van der Waals surface area contributed by atoms with E-state index in [1.807, 2.05) is 17.3 Å². The lowest BCUT2D eigenvalue weighted by molar-refractivity contribution is 0.0607. The van der Waals surface area contributed by atoms with Gasteiger partial charge in [-0.05, 0) is 19.3 Å². The molecule has 1 aliphatic heterocycles. The number of anilines is 1. The summed E-state index contributed by atoms with van der Waals surface area (Å²) in [5, 5.41) is 6.58. The molecule has 1 atom stereocenters. The summed E-state index contributed by atoms with van der Waals surface area (Å²) in [6, 6.07) is 0.0324. The number of rotatable bonds is 2. The van der Waals surface area contributed by atoms with Crippen molar-refractivity contribution in [2.45, 2.75) is 25.3 Å². The van der Waals surface area contributed by atoms with Gasteiger partial charge in [0.1, 0.15) is 0 Å². The Kier molecular flexibility index (Phi) is 3.43. The summed E-state index contributed by atoms with van der Waals surface area (Å²) in [6.45, 7) is 0.760. The highest BCUT2D eigenvalue weighted by molar-refractivity contribution is 7.13. The molecule has 2 aromatic heterocycles. The largest absolute Gasteiger partial charge is 0.375 e. The van der Waals surface area contributed by atoms with Crippen molar-refractivity contribution < 1.29 is 4.79 Å². The third-order valence-electron chi connectivity index (χ3n) is 3.60. The lowest BCUT2D eigenvalue weighted by Crippen LogP contribution is -2.38. The van der Waals surface area contributed by atoms with Crippen molar-refractivity contribution in [3.63, 3.8) is 0 Å². The zero-order valence-electron chi connectivity index (χ0n) is 11.3. The first kappa shape index (κ1) is 13.1. The minimum absolute atomic E-state index is 0.0226. The van der Waals surface area contributed by atoms with Gasteiger partial charge < -0.3 is 10.6 Å². The Labute approximate surface area is 121 Å². The molecular weight excluding hydrogens is 274 g/mol. The first-order chi connectivity index (χ1) is 9.65. The molecule has 106 valence electrons. The first-order valence-corrected chi connectivity index (χ1v) is 7.53. The molecule has 1 amide bonds. The molecule has 3 heterocycles. The molecule has 20 heavy (non-hydrogen) atoms. The van der Waals surface area contributed by atoms with Crippen molar-refractivity contribution in [2.24, 2.45) is 7.05 Å². The molecule has 6 nitrogen and oxygen atoms in total. The zero-order valence-corrected chi connectivity index (χ0v) is 12.1. The van der Waals surface area contributed by atoms with Gasteiger partial charge in [0, 0.05) is 25.2 Å². The number of nitrogens with zero attached hydrogens (tertiary/aromatic N) is 4. The smallest absolute Gasteiger partial charge is 0.257 e. The highest BCUT2D eigenvalue weighted by Gasteiger charge is 2.30. The van der Waals surface area contributed by atoms with E-state index < -0.39 is 0 Å². The number of carbonyl (C=O) groups excluding carboxylic acids is 1. The van der Waals surface area contributed by atoms with Crippen LogP contribution in [0.3, 0.4) is 0 Å². The van der Waals surface area contributed by atoms with Crippen LogP contribution in [-0.4, -0.2) is 32.1 Å². The number of nitrogens with two attached hydrogens (primary N) is 1. The molecule has 2 N–H and O–H groups in total. The monoisotopic (exact) mass is 291 g/mol. The van der Waals surface area contributed by atoms with Gasteiger partial charge in [0.15, 0.2) is 5.13 Å². The molecule has 0 aromatic carbocycles. The Morgan fingerprint density at radius 1 is 1.50 bits per heavy atom. The molecule has 1 saturated heterocycles. The molecule has 7 heteroatoms. The quantitative estimate of drug-likeness (QED) is 0.915. The van der Waals surface area contributed by atoms with Crippen LogP contribution in [0.15, 0.2) is 17.8 Å². The molecule has 0 unspecified atom stereocenters. The Bertz CT molecular complexity index is 620. The van der Waals surface area contributed by atoms with E-state index in [-0.39, 0.29) is 11.9 Å². The summed E-state index contributed by atoms with van der Waals surface area (Å²) in [6.07, 6.45) is 6.45. The minimum Gasteiger partial charge on any atom is -0.375 e. The summed E-state index contributed by atoms with van der Waals surface area (Å²) in [5.74, 6) is 0.0226. The predicted molar refractivity (Wildman–Crippen MR) is 77.4 cm³/mol.